The van der Waals surface area contributed by atoms with Gasteiger partial charge in [0, 0.05) is 23.8 Å². The number of nitrogens with zero attached hydrogens (tertiary/aromatic N) is 1. The Balaban J connectivity index is 1.72. The summed E-state index contributed by atoms with van der Waals surface area (Å²) in [7, 11) is 0. The van der Waals surface area contributed by atoms with Crippen molar-refractivity contribution in [2.24, 2.45) is 0 Å². The van der Waals surface area contributed by atoms with Gasteiger partial charge >= 0.3 is 0 Å². The van der Waals surface area contributed by atoms with Crippen molar-refractivity contribution in [1.29, 1.82) is 0 Å². The van der Waals surface area contributed by atoms with Gasteiger partial charge in [-0.2, -0.15) is 0 Å². The van der Waals surface area contributed by atoms with Crippen molar-refractivity contribution in [3.8, 4) is 0 Å². The van der Waals surface area contributed by atoms with Gasteiger partial charge in [0.15, 0.2) is 0 Å². The molecule has 23 heavy (non-hydrogen) atoms. The van der Waals surface area contributed by atoms with E-state index in [4.69, 9.17) is 11.6 Å². The van der Waals surface area contributed by atoms with Gasteiger partial charge in [-0.15, -0.1) is 0 Å². The van der Waals surface area contributed by atoms with Crippen LogP contribution in [0.15, 0.2) is 48.5 Å². The van der Waals surface area contributed by atoms with Gasteiger partial charge in [0.05, 0.1) is 6.54 Å². The second-order valence-electron chi connectivity index (χ2n) is 5.66. The van der Waals surface area contributed by atoms with Crippen LogP contribution in [0, 0.1) is 5.82 Å². The molecule has 2 amide bonds. The summed E-state index contributed by atoms with van der Waals surface area (Å²) < 4.78 is 12.9. The molecule has 0 N–H and O–H groups in total. The maximum absolute atomic E-state index is 12.9. The lowest BCUT2D eigenvalue weighted by atomic mass is 9.88. The van der Waals surface area contributed by atoms with Crippen molar-refractivity contribution in [1.82, 2.24) is 4.90 Å². The molecule has 0 spiro atoms. The Kier molecular flexibility index (Phi) is 4.44. The first kappa shape index (κ1) is 15.7. The van der Waals surface area contributed by atoms with Gasteiger partial charge in [-0.3, -0.25) is 14.5 Å². The average Bonchev–Trinajstić information content (AvgIpc) is 2.53. The summed E-state index contributed by atoms with van der Waals surface area (Å²) in [5.74, 6) is -0.861. The maximum Gasteiger partial charge on any atom is 0.230 e. The van der Waals surface area contributed by atoms with Crippen LogP contribution in [0.4, 0.5) is 4.39 Å². The quantitative estimate of drug-likeness (QED) is 0.800. The van der Waals surface area contributed by atoms with Crippen LogP contribution in [0.1, 0.15) is 29.9 Å². The van der Waals surface area contributed by atoms with E-state index >= 15 is 0 Å². The lowest BCUT2D eigenvalue weighted by molar-refractivity contribution is -0.149. The monoisotopic (exact) mass is 331 g/mol. The molecule has 0 bridgehead atoms. The van der Waals surface area contributed by atoms with Gasteiger partial charge in [0.25, 0.3) is 0 Å². The minimum Gasteiger partial charge on any atom is -0.278 e. The number of benzene rings is 2. The van der Waals surface area contributed by atoms with Crippen molar-refractivity contribution in [3.05, 3.63) is 70.5 Å². The molecule has 1 aliphatic heterocycles. The Morgan fingerprint density at radius 1 is 0.957 bits per heavy atom. The van der Waals surface area contributed by atoms with Crippen molar-refractivity contribution in [3.63, 3.8) is 0 Å². The molecule has 0 unspecified atom stereocenters. The largest absolute Gasteiger partial charge is 0.278 e. The van der Waals surface area contributed by atoms with Crippen molar-refractivity contribution >= 4 is 23.4 Å². The lowest BCUT2D eigenvalue weighted by Gasteiger charge is -2.30. The Labute approximate surface area is 138 Å². The van der Waals surface area contributed by atoms with E-state index in [0.717, 1.165) is 11.1 Å². The van der Waals surface area contributed by atoms with Crippen LogP contribution in [0.2, 0.25) is 5.02 Å². The molecule has 0 saturated carbocycles. The Morgan fingerprint density at radius 2 is 1.52 bits per heavy atom. The summed E-state index contributed by atoms with van der Waals surface area (Å²) in [6, 6.07) is 13.0. The highest BCUT2D eigenvalue weighted by Gasteiger charge is 2.33. The number of halogens is 2. The fraction of sp³-hybridized carbons (Fsp3) is 0.222. The van der Waals surface area contributed by atoms with Crippen molar-refractivity contribution in [2.75, 3.05) is 0 Å². The fourth-order valence-corrected chi connectivity index (χ4v) is 2.90. The zero-order valence-electron chi connectivity index (χ0n) is 12.3. The summed E-state index contributed by atoms with van der Waals surface area (Å²) in [6.07, 6.45) is 0.573. The van der Waals surface area contributed by atoms with E-state index < -0.39 is 0 Å². The molecule has 5 heteroatoms. The molecule has 1 heterocycles. The predicted molar refractivity (Wildman–Crippen MR) is 85.4 cm³/mol. The highest BCUT2D eigenvalue weighted by Crippen LogP contribution is 2.31. The van der Waals surface area contributed by atoms with E-state index in [2.05, 4.69) is 0 Å². The molecule has 0 aromatic heterocycles. The number of carbonyl (C=O) groups is 2. The van der Waals surface area contributed by atoms with Crippen molar-refractivity contribution in [2.45, 2.75) is 25.3 Å². The minimum atomic E-state index is -0.340. The van der Waals surface area contributed by atoms with Gasteiger partial charge in [-0.05, 0) is 35.4 Å². The maximum atomic E-state index is 12.9. The van der Waals surface area contributed by atoms with Crippen LogP contribution in [0.3, 0.4) is 0 Å². The van der Waals surface area contributed by atoms with Gasteiger partial charge in [-0.25, -0.2) is 4.39 Å². The number of imide groups is 1. The van der Waals surface area contributed by atoms with Crippen LogP contribution in [0.25, 0.3) is 0 Å². The number of hydrogen-bond acceptors (Lipinski definition) is 2. The lowest BCUT2D eigenvalue weighted by Crippen LogP contribution is -2.42. The first-order valence-corrected chi connectivity index (χ1v) is 7.74. The van der Waals surface area contributed by atoms with Gasteiger partial charge in [0.1, 0.15) is 5.82 Å². The summed E-state index contributed by atoms with van der Waals surface area (Å²) in [6.45, 7) is 0.186. The Hall–Kier alpha value is -2.20. The molecule has 0 atom stereocenters. The summed E-state index contributed by atoms with van der Waals surface area (Å²) >= 11 is 5.86. The topological polar surface area (TPSA) is 37.4 Å². The minimum absolute atomic E-state index is 0.114. The van der Waals surface area contributed by atoms with Crippen LogP contribution < -0.4 is 0 Å². The smallest absolute Gasteiger partial charge is 0.230 e. The van der Waals surface area contributed by atoms with Gasteiger partial charge in [0.2, 0.25) is 11.8 Å². The van der Waals surface area contributed by atoms with E-state index in [-0.39, 0.29) is 42.9 Å². The van der Waals surface area contributed by atoms with E-state index in [9.17, 15) is 14.0 Å². The summed E-state index contributed by atoms with van der Waals surface area (Å²) in [5, 5.41) is 0.625. The third-order valence-electron chi connectivity index (χ3n) is 4.04. The second kappa shape index (κ2) is 6.50. The van der Waals surface area contributed by atoms with E-state index in [1.54, 1.807) is 24.3 Å². The predicted octanol–water partition coefficient (Wildman–Crippen LogP) is 3.91. The zero-order chi connectivity index (χ0) is 16.4. The number of hydrogen-bond donors (Lipinski definition) is 0. The molecular formula is C18H15ClFNO2. The Morgan fingerprint density at radius 3 is 2.09 bits per heavy atom. The molecule has 3 nitrogen and oxygen atoms in total. The van der Waals surface area contributed by atoms with Crippen LogP contribution >= 0.6 is 11.6 Å². The van der Waals surface area contributed by atoms with Gasteiger partial charge in [-0.1, -0.05) is 35.9 Å². The first-order valence-electron chi connectivity index (χ1n) is 7.36. The molecule has 1 aliphatic rings. The highest BCUT2D eigenvalue weighted by molar-refractivity contribution is 6.30. The third kappa shape index (κ3) is 3.59. The number of likely N-dealkylation sites (tertiary alicyclic amines) is 1. The normalized spacial score (nSPS) is 16.0. The van der Waals surface area contributed by atoms with E-state index in [1.807, 2.05) is 12.1 Å². The molecule has 2 aromatic rings. The molecular weight excluding hydrogens is 317 g/mol. The molecule has 0 aliphatic carbocycles. The molecule has 118 valence electrons. The first-order chi connectivity index (χ1) is 11.0. The average molecular weight is 332 g/mol. The molecule has 0 radical (unpaired) electrons. The third-order valence-corrected chi connectivity index (χ3v) is 4.29. The molecule has 3 rings (SSSR count). The number of piperidine rings is 1. The standard InChI is InChI=1S/C18H15ClFNO2/c19-15-5-3-13(4-6-15)14-9-17(22)21(18(23)10-14)11-12-1-7-16(20)8-2-12/h1-8,14H,9-11H2. The number of carbonyl (C=O) groups excluding carboxylic acids is 2. The SMILES string of the molecule is O=C1CC(c2ccc(Cl)cc2)CC(=O)N1Cc1ccc(F)cc1. The molecule has 1 saturated heterocycles. The summed E-state index contributed by atoms with van der Waals surface area (Å²) in [4.78, 5) is 25.9. The fourth-order valence-electron chi connectivity index (χ4n) is 2.77. The van der Waals surface area contributed by atoms with E-state index in [1.165, 1.54) is 17.0 Å². The zero-order valence-corrected chi connectivity index (χ0v) is 13.1. The molecule has 2 aromatic carbocycles. The van der Waals surface area contributed by atoms with Crippen LogP contribution in [-0.2, 0) is 16.1 Å². The number of rotatable bonds is 3. The number of amides is 2. The van der Waals surface area contributed by atoms with Crippen LogP contribution in [-0.4, -0.2) is 16.7 Å². The van der Waals surface area contributed by atoms with E-state index in [0.29, 0.717) is 5.02 Å². The Bertz CT molecular complexity index is 710. The molecule has 1 fully saturated rings. The second-order valence-corrected chi connectivity index (χ2v) is 6.09. The van der Waals surface area contributed by atoms with Gasteiger partial charge < -0.3 is 0 Å². The summed E-state index contributed by atoms with van der Waals surface area (Å²) in [5.41, 5.74) is 1.68. The van der Waals surface area contributed by atoms with Crippen LogP contribution in [0.5, 0.6) is 0 Å². The highest BCUT2D eigenvalue weighted by atomic mass is 35.5. The van der Waals surface area contributed by atoms with Crippen molar-refractivity contribution < 1.29 is 14.0 Å².